The monoisotopic (exact) mass is 306 g/mol. The van der Waals surface area contributed by atoms with Gasteiger partial charge in [-0.3, -0.25) is 15.7 Å². The van der Waals surface area contributed by atoms with E-state index in [4.69, 9.17) is 16.9 Å². The SMILES string of the molecule is CCCCN=C(N)NC(=N)N.Cl.O=[N+]([O-])n1ccnc1. The Bertz CT molecular complexity index is 420. The van der Waals surface area contributed by atoms with Gasteiger partial charge in [0.1, 0.15) is 0 Å². The van der Waals surface area contributed by atoms with Gasteiger partial charge in [-0.05, 0) is 6.42 Å². The van der Waals surface area contributed by atoms with Crippen LogP contribution in [0.3, 0.4) is 0 Å². The zero-order chi connectivity index (χ0) is 14.7. The Hall–Kier alpha value is -2.36. The van der Waals surface area contributed by atoms with Crippen LogP contribution in [0, 0.1) is 15.5 Å². The van der Waals surface area contributed by atoms with Crippen LogP contribution in [0.5, 0.6) is 0 Å². The average Bonchev–Trinajstić information content (AvgIpc) is 2.82. The lowest BCUT2D eigenvalue weighted by Gasteiger charge is -2.00. The van der Waals surface area contributed by atoms with Crippen molar-refractivity contribution in [1.82, 2.24) is 15.0 Å². The van der Waals surface area contributed by atoms with Gasteiger partial charge in [0, 0.05) is 6.54 Å². The molecule has 0 aromatic carbocycles. The molecule has 11 heteroatoms. The lowest BCUT2D eigenvalue weighted by atomic mass is 10.3. The second-order valence-electron chi connectivity index (χ2n) is 3.34. The highest BCUT2D eigenvalue weighted by molar-refractivity contribution is 5.95. The molecule has 0 aliphatic rings. The van der Waals surface area contributed by atoms with Gasteiger partial charge in [-0.25, -0.2) is 15.1 Å². The number of nitrogens with one attached hydrogen (secondary N) is 2. The number of rotatable bonds is 4. The van der Waals surface area contributed by atoms with Crippen LogP contribution in [-0.4, -0.2) is 33.2 Å². The van der Waals surface area contributed by atoms with Crippen molar-refractivity contribution < 1.29 is 5.03 Å². The summed E-state index contributed by atoms with van der Waals surface area (Å²) in [4.78, 5) is 17.2. The number of halogens is 1. The summed E-state index contributed by atoms with van der Waals surface area (Å²) in [6.45, 7) is 2.76. The minimum Gasteiger partial charge on any atom is -0.370 e. The van der Waals surface area contributed by atoms with E-state index in [1.54, 1.807) is 0 Å². The topological polar surface area (TPSA) is 161 Å². The molecule has 1 heterocycles. The second kappa shape index (κ2) is 11.7. The first-order valence-electron chi connectivity index (χ1n) is 5.51. The molecule has 0 saturated carbocycles. The van der Waals surface area contributed by atoms with Gasteiger partial charge in [0.15, 0.2) is 23.3 Å². The molecule has 114 valence electrons. The normalized spacial score (nSPS) is 9.75. The zero-order valence-corrected chi connectivity index (χ0v) is 11.8. The van der Waals surface area contributed by atoms with Crippen LogP contribution in [0.1, 0.15) is 19.8 Å². The van der Waals surface area contributed by atoms with E-state index >= 15 is 0 Å². The number of nitrogens with two attached hydrogens (primary N) is 2. The Labute approximate surface area is 122 Å². The van der Waals surface area contributed by atoms with Gasteiger partial charge in [-0.2, -0.15) is 0 Å². The fourth-order valence-corrected chi connectivity index (χ4v) is 0.884. The Kier molecular flexibility index (Phi) is 11.7. The van der Waals surface area contributed by atoms with Gasteiger partial charge in [0.05, 0.1) is 12.4 Å². The van der Waals surface area contributed by atoms with Crippen molar-refractivity contribution in [3.05, 3.63) is 28.8 Å². The van der Waals surface area contributed by atoms with Crippen molar-refractivity contribution in [2.75, 3.05) is 6.54 Å². The van der Waals surface area contributed by atoms with Crippen molar-refractivity contribution in [3.63, 3.8) is 0 Å². The Balaban J connectivity index is 0. The third kappa shape index (κ3) is 10.8. The second-order valence-corrected chi connectivity index (χ2v) is 3.34. The van der Waals surface area contributed by atoms with Gasteiger partial charge < -0.3 is 11.5 Å². The predicted octanol–water partition coefficient (Wildman–Crippen LogP) is -0.0710. The molecular weight excluding hydrogens is 288 g/mol. The van der Waals surface area contributed by atoms with E-state index in [0.29, 0.717) is 6.54 Å². The van der Waals surface area contributed by atoms with E-state index in [2.05, 4.69) is 22.2 Å². The molecule has 0 bridgehead atoms. The van der Waals surface area contributed by atoms with Gasteiger partial charge in [-0.1, -0.05) is 18.0 Å². The molecule has 0 radical (unpaired) electrons. The minimum absolute atomic E-state index is 0. The molecule has 20 heavy (non-hydrogen) atoms. The summed E-state index contributed by atoms with van der Waals surface area (Å²) in [5, 5.41) is 18.4. The molecule has 6 N–H and O–H groups in total. The van der Waals surface area contributed by atoms with Gasteiger partial charge in [0.25, 0.3) is 0 Å². The molecule has 0 unspecified atom stereocenters. The number of nitro groups is 1. The molecule has 1 aromatic rings. The van der Waals surface area contributed by atoms with E-state index in [1.807, 2.05) is 0 Å². The number of unbranched alkanes of at least 4 members (excludes halogenated alkanes) is 1. The molecule has 0 aliphatic carbocycles. The third-order valence-corrected chi connectivity index (χ3v) is 1.74. The maximum atomic E-state index is 9.79. The first-order valence-corrected chi connectivity index (χ1v) is 5.51. The van der Waals surface area contributed by atoms with Crippen molar-refractivity contribution in [3.8, 4) is 0 Å². The first-order chi connectivity index (χ1) is 8.97. The van der Waals surface area contributed by atoms with Crippen LogP contribution in [-0.2, 0) is 0 Å². The number of aromatic nitrogens is 2. The molecule has 1 rings (SSSR count). The Morgan fingerprint density at radius 1 is 1.60 bits per heavy atom. The highest BCUT2D eigenvalue weighted by Crippen LogP contribution is 1.85. The molecule has 0 spiro atoms. The highest BCUT2D eigenvalue weighted by Gasteiger charge is 1.94. The van der Waals surface area contributed by atoms with Crippen molar-refractivity contribution >= 4 is 24.3 Å². The Morgan fingerprint density at radius 3 is 2.60 bits per heavy atom. The van der Waals surface area contributed by atoms with Crippen molar-refractivity contribution in [2.24, 2.45) is 16.5 Å². The molecular formula is C9H19ClN8O2. The highest BCUT2D eigenvalue weighted by atomic mass is 35.5. The van der Waals surface area contributed by atoms with E-state index < -0.39 is 5.03 Å². The number of nitrogens with zero attached hydrogens (tertiary/aromatic N) is 4. The van der Waals surface area contributed by atoms with Crippen LogP contribution in [0.15, 0.2) is 23.7 Å². The van der Waals surface area contributed by atoms with E-state index in [1.165, 1.54) is 12.4 Å². The van der Waals surface area contributed by atoms with Crippen LogP contribution in [0.25, 0.3) is 0 Å². The predicted molar refractivity (Wildman–Crippen MR) is 78.3 cm³/mol. The van der Waals surface area contributed by atoms with E-state index in [9.17, 15) is 10.1 Å². The lowest BCUT2D eigenvalue weighted by Crippen LogP contribution is -2.40. The summed E-state index contributed by atoms with van der Waals surface area (Å²) in [6, 6.07) is 0. The van der Waals surface area contributed by atoms with Crippen LogP contribution in [0.2, 0.25) is 0 Å². The Morgan fingerprint density at radius 2 is 2.25 bits per heavy atom. The lowest BCUT2D eigenvalue weighted by molar-refractivity contribution is -0.542. The van der Waals surface area contributed by atoms with Gasteiger partial charge in [0.2, 0.25) is 0 Å². The fraction of sp³-hybridized carbons (Fsp3) is 0.444. The summed E-state index contributed by atoms with van der Waals surface area (Å²) < 4.78 is 0.778. The molecule has 0 fully saturated rings. The summed E-state index contributed by atoms with van der Waals surface area (Å²) in [6.07, 6.45) is 5.82. The number of guanidine groups is 2. The van der Waals surface area contributed by atoms with Crippen LogP contribution < -0.4 is 16.8 Å². The largest absolute Gasteiger partial charge is 0.370 e. The van der Waals surface area contributed by atoms with E-state index in [-0.39, 0.29) is 24.3 Å². The molecule has 0 aliphatic heterocycles. The van der Waals surface area contributed by atoms with Gasteiger partial charge in [-0.15, -0.1) is 12.4 Å². The minimum atomic E-state index is -0.562. The number of aliphatic imine (C=N–C) groups is 1. The quantitative estimate of drug-likeness (QED) is 0.200. The van der Waals surface area contributed by atoms with Gasteiger partial charge >= 0.3 is 0 Å². The van der Waals surface area contributed by atoms with Crippen LogP contribution >= 0.6 is 12.4 Å². The third-order valence-electron chi connectivity index (χ3n) is 1.74. The summed E-state index contributed by atoms with van der Waals surface area (Å²) in [5.41, 5.74) is 10.3. The maximum Gasteiger partial charge on any atom is 0.195 e. The molecule has 10 nitrogen and oxygen atoms in total. The smallest absolute Gasteiger partial charge is 0.195 e. The average molecular weight is 307 g/mol. The number of imidazole rings is 1. The number of hydrogen-bond donors (Lipinski definition) is 4. The van der Waals surface area contributed by atoms with Crippen LogP contribution in [0.4, 0.5) is 0 Å². The summed E-state index contributed by atoms with van der Waals surface area (Å²) in [7, 11) is 0. The zero-order valence-electron chi connectivity index (χ0n) is 11.0. The molecule has 0 amide bonds. The molecule has 1 aromatic heterocycles. The maximum absolute atomic E-state index is 9.79. The fourth-order valence-electron chi connectivity index (χ4n) is 0.884. The molecule has 0 saturated heterocycles. The van der Waals surface area contributed by atoms with Crippen molar-refractivity contribution in [2.45, 2.75) is 19.8 Å². The molecule has 0 atom stereocenters. The number of hydrogen-bond acceptors (Lipinski definition) is 5. The van der Waals surface area contributed by atoms with E-state index in [0.717, 1.165) is 23.8 Å². The standard InChI is InChI=1S/C6H15N5.C3H3N3O2.ClH/c1-2-3-4-10-6(9)11-5(7)8;7-6(8)5-2-1-4-3-5;/h2-4H2,1H3,(H6,7,8,9,10,11);1-3H;1H. The first kappa shape index (κ1) is 20.0. The summed E-state index contributed by atoms with van der Waals surface area (Å²) in [5.74, 6) is 0.0358. The van der Waals surface area contributed by atoms with Crippen molar-refractivity contribution in [1.29, 1.82) is 5.41 Å². The summed E-state index contributed by atoms with van der Waals surface area (Å²) >= 11 is 0.